The van der Waals surface area contributed by atoms with E-state index in [1.54, 1.807) is 24.4 Å². The normalized spacial score (nSPS) is 10.8. The van der Waals surface area contributed by atoms with Gasteiger partial charge in [-0.25, -0.2) is 0 Å². The molecule has 0 unspecified atom stereocenters. The Kier molecular flexibility index (Phi) is 5.36. The fourth-order valence-electron chi connectivity index (χ4n) is 2.23. The highest BCUT2D eigenvalue weighted by Crippen LogP contribution is 2.27. The molecule has 1 aromatic heterocycles. The largest absolute Gasteiger partial charge is 0.339 e. The van der Waals surface area contributed by atoms with Crippen LogP contribution in [0, 0.1) is 0 Å². The molecule has 7 heteroatoms. The summed E-state index contributed by atoms with van der Waals surface area (Å²) < 4.78 is 0. The van der Waals surface area contributed by atoms with E-state index in [4.69, 9.17) is 23.2 Å². The Labute approximate surface area is 156 Å². The van der Waals surface area contributed by atoms with Gasteiger partial charge in [0, 0.05) is 10.7 Å². The Morgan fingerprint density at radius 1 is 0.960 bits per heavy atom. The summed E-state index contributed by atoms with van der Waals surface area (Å²) in [5.41, 5.74) is 2.87. The minimum absolute atomic E-state index is 0.341. The lowest BCUT2D eigenvalue weighted by atomic mass is 10.0. The zero-order valence-corrected chi connectivity index (χ0v) is 15.3. The minimum Gasteiger partial charge on any atom is -0.339 e. The van der Waals surface area contributed by atoms with Gasteiger partial charge in [-0.2, -0.15) is 10.1 Å². The highest BCUT2D eigenvalue weighted by molar-refractivity contribution is 6.36. The van der Waals surface area contributed by atoms with Crippen molar-refractivity contribution in [3.63, 3.8) is 0 Å². The van der Waals surface area contributed by atoms with Crippen molar-refractivity contribution in [2.24, 2.45) is 0 Å². The molecule has 5 nitrogen and oxygen atoms in total. The number of halogens is 2. The van der Waals surface area contributed by atoms with Crippen LogP contribution in [0.1, 0.15) is 25.3 Å². The number of rotatable bonds is 5. The van der Waals surface area contributed by atoms with Gasteiger partial charge in [0.15, 0.2) is 5.82 Å². The van der Waals surface area contributed by atoms with Crippen LogP contribution in [0.25, 0.3) is 0 Å². The third-order valence-corrected chi connectivity index (χ3v) is 4.13. The van der Waals surface area contributed by atoms with Gasteiger partial charge in [-0.1, -0.05) is 49.2 Å². The summed E-state index contributed by atoms with van der Waals surface area (Å²) in [7, 11) is 0. The van der Waals surface area contributed by atoms with Crippen LogP contribution < -0.4 is 10.6 Å². The molecule has 3 rings (SSSR count). The van der Waals surface area contributed by atoms with Crippen molar-refractivity contribution in [2.75, 3.05) is 10.6 Å². The van der Waals surface area contributed by atoms with Crippen LogP contribution in [0.3, 0.4) is 0 Å². The highest BCUT2D eigenvalue weighted by Gasteiger charge is 2.06. The summed E-state index contributed by atoms with van der Waals surface area (Å²) in [6, 6.07) is 13.4. The number of nitrogens with zero attached hydrogens (tertiary/aromatic N) is 3. The molecule has 2 aromatic carbocycles. The maximum absolute atomic E-state index is 6.15. The van der Waals surface area contributed by atoms with E-state index in [9.17, 15) is 0 Å². The van der Waals surface area contributed by atoms with Gasteiger partial charge in [0.1, 0.15) is 0 Å². The lowest BCUT2D eigenvalue weighted by Gasteiger charge is -2.10. The van der Waals surface area contributed by atoms with Gasteiger partial charge < -0.3 is 10.6 Å². The van der Waals surface area contributed by atoms with Crippen molar-refractivity contribution in [3.8, 4) is 0 Å². The van der Waals surface area contributed by atoms with Crippen molar-refractivity contribution in [3.05, 3.63) is 64.3 Å². The van der Waals surface area contributed by atoms with Crippen LogP contribution in [0.5, 0.6) is 0 Å². The molecule has 0 fully saturated rings. The third-order valence-electron chi connectivity index (χ3n) is 3.59. The van der Waals surface area contributed by atoms with Crippen LogP contribution in [0.4, 0.5) is 23.1 Å². The van der Waals surface area contributed by atoms with Crippen LogP contribution in [0.2, 0.25) is 10.0 Å². The highest BCUT2D eigenvalue weighted by atomic mass is 35.5. The van der Waals surface area contributed by atoms with Gasteiger partial charge in [0.05, 0.1) is 16.9 Å². The first-order chi connectivity index (χ1) is 12.0. The number of hydrogen-bond acceptors (Lipinski definition) is 5. The zero-order valence-electron chi connectivity index (χ0n) is 13.8. The Balaban J connectivity index is 1.75. The number of aromatic nitrogens is 3. The maximum Gasteiger partial charge on any atom is 0.249 e. The molecule has 0 aliphatic heterocycles. The lowest BCUT2D eigenvalue weighted by molar-refractivity contribution is 0.867. The summed E-state index contributed by atoms with van der Waals surface area (Å²) in [5, 5.41) is 15.2. The molecule has 1 heterocycles. The monoisotopic (exact) mass is 373 g/mol. The maximum atomic E-state index is 6.15. The Hall–Kier alpha value is -2.37. The standard InChI is InChI=1S/C18H17Cl2N5/c1-11(2)12-3-6-14(7-4-12)22-17-10-21-25-18(24-17)23-16-8-5-13(19)9-15(16)20/h3-11H,1-2H3,(H2,22,23,24,25). The van der Waals surface area contributed by atoms with E-state index in [1.165, 1.54) is 5.56 Å². The molecular weight excluding hydrogens is 357 g/mol. The Bertz CT molecular complexity index is 866. The van der Waals surface area contributed by atoms with E-state index in [0.717, 1.165) is 5.69 Å². The number of anilines is 4. The molecule has 25 heavy (non-hydrogen) atoms. The number of benzene rings is 2. The van der Waals surface area contributed by atoms with Crippen molar-refractivity contribution in [2.45, 2.75) is 19.8 Å². The first kappa shape index (κ1) is 17.5. The van der Waals surface area contributed by atoms with Gasteiger partial charge in [-0.05, 0) is 41.8 Å². The molecule has 128 valence electrons. The number of nitrogens with one attached hydrogen (secondary N) is 2. The molecule has 0 atom stereocenters. The Morgan fingerprint density at radius 3 is 2.40 bits per heavy atom. The first-order valence-electron chi connectivity index (χ1n) is 7.80. The van der Waals surface area contributed by atoms with Gasteiger partial charge >= 0.3 is 0 Å². The summed E-state index contributed by atoms with van der Waals surface area (Å²) in [4.78, 5) is 4.40. The molecule has 2 N–H and O–H groups in total. The van der Waals surface area contributed by atoms with Gasteiger partial charge in [0.25, 0.3) is 0 Å². The van der Waals surface area contributed by atoms with Crippen LogP contribution in [0.15, 0.2) is 48.7 Å². The quantitative estimate of drug-likeness (QED) is 0.592. The lowest BCUT2D eigenvalue weighted by Crippen LogP contribution is -2.02. The fraction of sp³-hybridized carbons (Fsp3) is 0.167. The molecule has 0 radical (unpaired) electrons. The molecule has 3 aromatic rings. The summed E-state index contributed by atoms with van der Waals surface area (Å²) >= 11 is 12.1. The second-order valence-electron chi connectivity index (χ2n) is 5.82. The fourth-order valence-corrected chi connectivity index (χ4v) is 2.68. The SMILES string of the molecule is CC(C)c1ccc(Nc2cnnc(Nc3ccc(Cl)cc3Cl)n2)cc1. The molecular formula is C18H17Cl2N5. The summed E-state index contributed by atoms with van der Waals surface area (Å²) in [6.07, 6.45) is 1.56. The topological polar surface area (TPSA) is 62.7 Å². The second-order valence-corrected chi connectivity index (χ2v) is 6.66. The summed E-state index contributed by atoms with van der Waals surface area (Å²) in [6.45, 7) is 4.33. The molecule has 0 saturated carbocycles. The minimum atomic E-state index is 0.341. The van der Waals surface area contributed by atoms with Gasteiger partial charge in [-0.15, -0.1) is 5.10 Å². The molecule has 0 spiro atoms. The smallest absolute Gasteiger partial charge is 0.249 e. The van der Waals surface area contributed by atoms with Crippen molar-refractivity contribution in [1.82, 2.24) is 15.2 Å². The Morgan fingerprint density at radius 2 is 1.72 bits per heavy atom. The number of hydrogen-bond donors (Lipinski definition) is 2. The van der Waals surface area contributed by atoms with E-state index in [-0.39, 0.29) is 0 Å². The second kappa shape index (κ2) is 7.68. The molecule has 0 amide bonds. The predicted octanol–water partition coefficient (Wildman–Crippen LogP) is 5.79. The van der Waals surface area contributed by atoms with Crippen LogP contribution in [-0.2, 0) is 0 Å². The van der Waals surface area contributed by atoms with E-state index < -0.39 is 0 Å². The molecule has 0 saturated heterocycles. The average Bonchev–Trinajstić information content (AvgIpc) is 2.58. The van der Waals surface area contributed by atoms with Crippen LogP contribution >= 0.6 is 23.2 Å². The van der Waals surface area contributed by atoms with Crippen molar-refractivity contribution in [1.29, 1.82) is 0 Å². The first-order valence-corrected chi connectivity index (χ1v) is 8.55. The third kappa shape index (κ3) is 4.59. The van der Waals surface area contributed by atoms with Crippen LogP contribution in [-0.4, -0.2) is 15.2 Å². The zero-order chi connectivity index (χ0) is 17.8. The van der Waals surface area contributed by atoms with E-state index in [2.05, 4.69) is 51.8 Å². The van der Waals surface area contributed by atoms with Gasteiger partial charge in [-0.3, -0.25) is 0 Å². The van der Waals surface area contributed by atoms with Crippen molar-refractivity contribution < 1.29 is 0 Å². The average molecular weight is 374 g/mol. The van der Waals surface area contributed by atoms with E-state index in [1.807, 2.05) is 12.1 Å². The van der Waals surface area contributed by atoms with E-state index in [0.29, 0.717) is 33.4 Å². The van der Waals surface area contributed by atoms with E-state index >= 15 is 0 Å². The molecule has 0 aliphatic rings. The predicted molar refractivity (Wildman–Crippen MR) is 103 cm³/mol. The molecule has 0 aliphatic carbocycles. The summed E-state index contributed by atoms with van der Waals surface area (Å²) in [5.74, 6) is 1.42. The molecule has 0 bridgehead atoms. The van der Waals surface area contributed by atoms with Crippen molar-refractivity contribution >= 4 is 46.3 Å². The van der Waals surface area contributed by atoms with Gasteiger partial charge in [0.2, 0.25) is 5.95 Å².